The third kappa shape index (κ3) is 5.35. The summed E-state index contributed by atoms with van der Waals surface area (Å²) in [5.74, 6) is 0.687. The van der Waals surface area contributed by atoms with E-state index in [1.807, 2.05) is 0 Å². The molecule has 0 aromatic heterocycles. The third-order valence-corrected chi connectivity index (χ3v) is 5.23. The molecule has 0 heterocycles. The molecule has 5 nitrogen and oxygen atoms in total. The van der Waals surface area contributed by atoms with Crippen molar-refractivity contribution in [3.8, 4) is 0 Å². The molecule has 0 amide bonds. The van der Waals surface area contributed by atoms with E-state index in [0.717, 1.165) is 32.1 Å². The molecule has 18 heavy (non-hydrogen) atoms. The molecule has 106 valence electrons. The van der Waals surface area contributed by atoms with Crippen LogP contribution >= 0.6 is 0 Å². The molecule has 2 aliphatic rings. The summed E-state index contributed by atoms with van der Waals surface area (Å²) in [5.41, 5.74) is 0. The zero-order chi connectivity index (χ0) is 13.6. The standard InChI is InChI=1S/C9H17NO2S.C3H6O2/c1-7-2-3-8(6-7)10-13(11,12)9-4-5-9;1-2-5-3-4/h7-10H,2-6H2,1H3;3H,2H2,1H3. The number of nitrogens with one attached hydrogen (secondary N) is 1. The van der Waals surface area contributed by atoms with E-state index in [1.165, 1.54) is 0 Å². The van der Waals surface area contributed by atoms with E-state index < -0.39 is 10.0 Å². The maximum atomic E-state index is 11.5. The molecule has 0 aromatic rings. The molecule has 0 saturated heterocycles. The van der Waals surface area contributed by atoms with Crippen LogP contribution in [0.2, 0.25) is 0 Å². The Kier molecular flexibility index (Phi) is 6.08. The van der Waals surface area contributed by atoms with Crippen molar-refractivity contribution in [3.63, 3.8) is 0 Å². The second-order valence-electron chi connectivity index (χ2n) is 5.03. The van der Waals surface area contributed by atoms with Crippen molar-refractivity contribution in [2.45, 2.75) is 57.2 Å². The van der Waals surface area contributed by atoms with Gasteiger partial charge in [-0.05, 0) is 44.9 Å². The molecule has 2 atom stereocenters. The van der Waals surface area contributed by atoms with Gasteiger partial charge in [0.1, 0.15) is 0 Å². The molecule has 0 aromatic carbocycles. The fraction of sp³-hybridized carbons (Fsp3) is 0.917. The Labute approximate surface area is 109 Å². The highest BCUT2D eigenvalue weighted by atomic mass is 32.2. The molecule has 2 unspecified atom stereocenters. The van der Waals surface area contributed by atoms with Crippen LogP contribution in [-0.4, -0.2) is 32.8 Å². The Hall–Kier alpha value is -0.620. The van der Waals surface area contributed by atoms with Crippen LogP contribution in [0.15, 0.2) is 0 Å². The van der Waals surface area contributed by atoms with Crippen molar-refractivity contribution >= 4 is 16.5 Å². The van der Waals surface area contributed by atoms with Gasteiger partial charge in [-0.3, -0.25) is 4.79 Å². The third-order valence-electron chi connectivity index (χ3n) is 3.22. The highest BCUT2D eigenvalue weighted by Crippen LogP contribution is 2.30. The highest BCUT2D eigenvalue weighted by molar-refractivity contribution is 7.90. The van der Waals surface area contributed by atoms with Crippen LogP contribution in [0.25, 0.3) is 0 Å². The second kappa shape index (κ2) is 7.09. The van der Waals surface area contributed by atoms with Crippen molar-refractivity contribution in [3.05, 3.63) is 0 Å². The van der Waals surface area contributed by atoms with Crippen LogP contribution in [0.5, 0.6) is 0 Å². The average Bonchev–Trinajstić information content (AvgIpc) is 3.07. The first-order valence-electron chi connectivity index (χ1n) is 6.56. The molecular weight excluding hydrogens is 254 g/mol. The van der Waals surface area contributed by atoms with Crippen LogP contribution in [0.4, 0.5) is 0 Å². The molecule has 0 spiro atoms. The zero-order valence-electron chi connectivity index (χ0n) is 11.1. The number of ether oxygens (including phenoxy) is 1. The minimum absolute atomic E-state index is 0.0663. The van der Waals surface area contributed by atoms with Gasteiger partial charge < -0.3 is 4.74 Å². The van der Waals surface area contributed by atoms with E-state index in [2.05, 4.69) is 16.4 Å². The molecule has 0 aliphatic heterocycles. The van der Waals surface area contributed by atoms with Crippen molar-refractivity contribution in [1.29, 1.82) is 0 Å². The Morgan fingerprint density at radius 3 is 2.28 bits per heavy atom. The quantitative estimate of drug-likeness (QED) is 0.772. The van der Waals surface area contributed by atoms with Crippen LogP contribution in [0.1, 0.15) is 46.0 Å². The number of rotatable bonds is 5. The maximum absolute atomic E-state index is 11.5. The SMILES string of the molecule is CC1CCC(NS(=O)(=O)C2CC2)C1.CCOC=O. The Bertz CT molecular complexity index is 351. The average molecular weight is 277 g/mol. The summed E-state index contributed by atoms with van der Waals surface area (Å²) in [4.78, 5) is 9.18. The normalized spacial score (nSPS) is 27.2. The monoisotopic (exact) mass is 277 g/mol. The van der Waals surface area contributed by atoms with E-state index in [9.17, 15) is 13.2 Å². The fourth-order valence-corrected chi connectivity index (χ4v) is 3.72. The number of carbonyl (C=O) groups excluding carboxylic acids is 1. The lowest BCUT2D eigenvalue weighted by Crippen LogP contribution is -2.35. The zero-order valence-corrected chi connectivity index (χ0v) is 11.9. The lowest BCUT2D eigenvalue weighted by Gasteiger charge is -2.11. The molecule has 1 N–H and O–H groups in total. The van der Waals surface area contributed by atoms with Crippen LogP contribution < -0.4 is 4.72 Å². The first kappa shape index (κ1) is 15.4. The molecule has 2 aliphatic carbocycles. The predicted octanol–water partition coefficient (Wildman–Crippen LogP) is 1.44. The van der Waals surface area contributed by atoms with E-state index in [4.69, 9.17) is 0 Å². The lowest BCUT2D eigenvalue weighted by atomic mass is 10.1. The van der Waals surface area contributed by atoms with Gasteiger partial charge in [0, 0.05) is 6.04 Å². The van der Waals surface area contributed by atoms with Gasteiger partial charge >= 0.3 is 0 Å². The van der Waals surface area contributed by atoms with Crippen molar-refractivity contribution in [2.24, 2.45) is 5.92 Å². The van der Waals surface area contributed by atoms with E-state index in [-0.39, 0.29) is 11.3 Å². The van der Waals surface area contributed by atoms with E-state index in [1.54, 1.807) is 6.92 Å². The summed E-state index contributed by atoms with van der Waals surface area (Å²) < 4.78 is 30.1. The molecule has 2 rings (SSSR count). The number of hydrogen-bond acceptors (Lipinski definition) is 4. The maximum Gasteiger partial charge on any atom is 0.293 e. The van der Waals surface area contributed by atoms with Gasteiger partial charge in [0.25, 0.3) is 6.47 Å². The minimum atomic E-state index is -2.94. The van der Waals surface area contributed by atoms with E-state index in [0.29, 0.717) is 19.0 Å². The Morgan fingerprint density at radius 2 is 1.94 bits per heavy atom. The molecular formula is C12H23NO4S. The van der Waals surface area contributed by atoms with Gasteiger partial charge in [-0.25, -0.2) is 13.1 Å². The predicted molar refractivity (Wildman–Crippen MR) is 69.6 cm³/mol. The topological polar surface area (TPSA) is 72.5 Å². The largest absolute Gasteiger partial charge is 0.468 e. The summed E-state index contributed by atoms with van der Waals surface area (Å²) in [6.45, 7) is 4.85. The summed E-state index contributed by atoms with van der Waals surface area (Å²) in [7, 11) is -2.94. The van der Waals surface area contributed by atoms with Crippen molar-refractivity contribution in [1.82, 2.24) is 4.72 Å². The van der Waals surface area contributed by atoms with Crippen LogP contribution in [-0.2, 0) is 19.6 Å². The summed E-state index contributed by atoms with van der Waals surface area (Å²) in [5, 5.41) is -0.0663. The Balaban J connectivity index is 0.000000280. The van der Waals surface area contributed by atoms with Crippen LogP contribution in [0.3, 0.4) is 0 Å². The van der Waals surface area contributed by atoms with Gasteiger partial charge in [-0.2, -0.15) is 0 Å². The molecule has 2 saturated carbocycles. The lowest BCUT2D eigenvalue weighted by molar-refractivity contribution is -0.128. The van der Waals surface area contributed by atoms with Gasteiger partial charge in [-0.1, -0.05) is 6.92 Å². The molecule has 2 fully saturated rings. The van der Waals surface area contributed by atoms with Gasteiger partial charge in [0.2, 0.25) is 10.0 Å². The van der Waals surface area contributed by atoms with Crippen molar-refractivity contribution in [2.75, 3.05) is 6.61 Å². The Morgan fingerprint density at radius 1 is 1.28 bits per heavy atom. The van der Waals surface area contributed by atoms with E-state index >= 15 is 0 Å². The second-order valence-corrected chi connectivity index (χ2v) is 7.02. The first-order chi connectivity index (χ1) is 8.49. The van der Waals surface area contributed by atoms with Gasteiger partial charge in [0.05, 0.1) is 11.9 Å². The van der Waals surface area contributed by atoms with Gasteiger partial charge in [-0.15, -0.1) is 0 Å². The number of sulfonamides is 1. The van der Waals surface area contributed by atoms with Crippen molar-refractivity contribution < 1.29 is 17.9 Å². The number of carbonyl (C=O) groups is 1. The van der Waals surface area contributed by atoms with Crippen LogP contribution in [0, 0.1) is 5.92 Å². The molecule has 0 radical (unpaired) electrons. The smallest absolute Gasteiger partial charge is 0.293 e. The fourth-order valence-electron chi connectivity index (χ4n) is 2.09. The molecule has 6 heteroatoms. The molecule has 0 bridgehead atoms. The summed E-state index contributed by atoms with van der Waals surface area (Å²) >= 11 is 0. The number of hydrogen-bond donors (Lipinski definition) is 1. The highest BCUT2D eigenvalue weighted by Gasteiger charge is 2.37. The minimum Gasteiger partial charge on any atom is -0.468 e. The van der Waals surface area contributed by atoms with Gasteiger partial charge in [0.15, 0.2) is 0 Å². The summed E-state index contributed by atoms with van der Waals surface area (Å²) in [6, 6.07) is 0.223. The summed E-state index contributed by atoms with van der Waals surface area (Å²) in [6.07, 6.45) is 4.92. The first-order valence-corrected chi connectivity index (χ1v) is 8.10.